The lowest BCUT2D eigenvalue weighted by atomic mass is 10.2. The van der Waals surface area contributed by atoms with E-state index in [0.717, 1.165) is 27.3 Å². The molecule has 0 aliphatic rings. The van der Waals surface area contributed by atoms with Crippen LogP contribution in [-0.4, -0.2) is 9.97 Å². The summed E-state index contributed by atoms with van der Waals surface area (Å²) in [6.45, 7) is 0.524. The van der Waals surface area contributed by atoms with Crippen molar-refractivity contribution in [1.82, 2.24) is 9.97 Å². The van der Waals surface area contributed by atoms with Crippen molar-refractivity contribution in [3.63, 3.8) is 0 Å². The molecule has 2 aromatic heterocycles. The first kappa shape index (κ1) is 10.8. The zero-order valence-corrected chi connectivity index (χ0v) is 10.5. The first-order valence-corrected chi connectivity index (χ1v) is 6.46. The lowest BCUT2D eigenvalue weighted by Gasteiger charge is -1.95. The van der Waals surface area contributed by atoms with E-state index in [1.54, 1.807) is 11.3 Å². The fourth-order valence-electron chi connectivity index (χ4n) is 1.79. The largest absolute Gasteiger partial charge is 0.337 e. The van der Waals surface area contributed by atoms with Crippen molar-refractivity contribution < 1.29 is 0 Å². The Bertz CT molecular complexity index is 671. The van der Waals surface area contributed by atoms with Crippen molar-refractivity contribution >= 4 is 34.0 Å². The summed E-state index contributed by atoms with van der Waals surface area (Å²) in [4.78, 5) is 8.92. The predicted molar refractivity (Wildman–Crippen MR) is 72.3 cm³/mol. The molecule has 0 saturated carbocycles. The minimum absolute atomic E-state index is 0.524. The molecule has 3 aromatic rings. The third-order valence-electron chi connectivity index (χ3n) is 2.63. The van der Waals surface area contributed by atoms with E-state index in [1.165, 1.54) is 0 Å². The second-order valence-corrected chi connectivity index (χ2v) is 5.08. The number of halogens is 1. The molecule has 1 aromatic carbocycles. The normalized spacial score (nSPS) is 11.2. The molecule has 0 saturated heterocycles. The van der Waals surface area contributed by atoms with Gasteiger partial charge in [0.1, 0.15) is 5.82 Å². The van der Waals surface area contributed by atoms with Crippen LogP contribution in [-0.2, 0) is 6.54 Å². The molecule has 0 bridgehead atoms. The summed E-state index contributed by atoms with van der Waals surface area (Å²) >= 11 is 7.59. The van der Waals surface area contributed by atoms with Crippen molar-refractivity contribution in [3.05, 3.63) is 40.2 Å². The molecule has 0 radical (unpaired) electrons. The summed E-state index contributed by atoms with van der Waals surface area (Å²) in [7, 11) is 0. The average Bonchev–Trinajstić information content (AvgIpc) is 2.93. The highest BCUT2D eigenvalue weighted by Crippen LogP contribution is 2.29. The topological polar surface area (TPSA) is 54.7 Å². The molecule has 17 heavy (non-hydrogen) atoms. The van der Waals surface area contributed by atoms with Gasteiger partial charge in [0, 0.05) is 11.6 Å². The van der Waals surface area contributed by atoms with Gasteiger partial charge in [0.15, 0.2) is 0 Å². The van der Waals surface area contributed by atoms with Crippen LogP contribution in [0.3, 0.4) is 0 Å². The Morgan fingerprint density at radius 3 is 3.06 bits per heavy atom. The second-order valence-electron chi connectivity index (χ2n) is 3.73. The molecule has 5 heteroatoms. The van der Waals surface area contributed by atoms with Crippen LogP contribution in [0.1, 0.15) is 5.56 Å². The van der Waals surface area contributed by atoms with E-state index in [9.17, 15) is 0 Å². The van der Waals surface area contributed by atoms with E-state index in [4.69, 9.17) is 17.3 Å². The SMILES string of the molecule is NCc1ccsc1-c1nc2ccc(Cl)cc2[nH]1. The summed E-state index contributed by atoms with van der Waals surface area (Å²) in [6, 6.07) is 7.66. The van der Waals surface area contributed by atoms with E-state index in [2.05, 4.69) is 9.97 Å². The van der Waals surface area contributed by atoms with Gasteiger partial charge in [-0.1, -0.05) is 11.6 Å². The summed E-state index contributed by atoms with van der Waals surface area (Å²) in [6.07, 6.45) is 0. The number of aromatic nitrogens is 2. The van der Waals surface area contributed by atoms with E-state index in [1.807, 2.05) is 29.6 Å². The smallest absolute Gasteiger partial charge is 0.148 e. The number of rotatable bonds is 2. The van der Waals surface area contributed by atoms with Crippen LogP contribution >= 0.6 is 22.9 Å². The molecule has 0 unspecified atom stereocenters. The first-order valence-electron chi connectivity index (χ1n) is 5.20. The number of hydrogen-bond donors (Lipinski definition) is 2. The maximum atomic E-state index is 5.95. The van der Waals surface area contributed by atoms with Crippen LogP contribution in [0.15, 0.2) is 29.6 Å². The standard InChI is InChI=1S/C12H10ClN3S/c13-8-1-2-9-10(5-8)16-12(15-9)11-7(6-14)3-4-17-11/h1-5H,6,14H2,(H,15,16). The molecule has 3 nitrogen and oxygen atoms in total. The number of benzene rings is 1. The van der Waals surface area contributed by atoms with Crippen molar-refractivity contribution in [2.75, 3.05) is 0 Å². The van der Waals surface area contributed by atoms with Gasteiger partial charge in [-0.3, -0.25) is 0 Å². The highest BCUT2D eigenvalue weighted by Gasteiger charge is 2.10. The van der Waals surface area contributed by atoms with Gasteiger partial charge in [0.05, 0.1) is 15.9 Å². The third kappa shape index (κ3) is 1.84. The van der Waals surface area contributed by atoms with Crippen molar-refractivity contribution in [3.8, 4) is 10.7 Å². The Balaban J connectivity index is 2.18. The van der Waals surface area contributed by atoms with Crippen LogP contribution in [0.25, 0.3) is 21.7 Å². The zero-order valence-electron chi connectivity index (χ0n) is 8.90. The number of H-pyrrole nitrogens is 1. The van der Waals surface area contributed by atoms with Gasteiger partial charge in [-0.05, 0) is 35.2 Å². The zero-order chi connectivity index (χ0) is 11.8. The molecule has 0 aliphatic heterocycles. The Morgan fingerprint density at radius 1 is 1.35 bits per heavy atom. The van der Waals surface area contributed by atoms with E-state index >= 15 is 0 Å². The number of nitrogens with two attached hydrogens (primary N) is 1. The van der Waals surface area contributed by atoms with Gasteiger partial charge < -0.3 is 10.7 Å². The quantitative estimate of drug-likeness (QED) is 0.744. The van der Waals surface area contributed by atoms with E-state index < -0.39 is 0 Å². The lowest BCUT2D eigenvalue weighted by Crippen LogP contribution is -1.95. The van der Waals surface area contributed by atoms with Crippen molar-refractivity contribution in [1.29, 1.82) is 0 Å². The summed E-state index contributed by atoms with van der Waals surface area (Å²) < 4.78 is 0. The number of thiophene rings is 1. The van der Waals surface area contributed by atoms with Crippen LogP contribution in [0.2, 0.25) is 5.02 Å². The molecule has 0 amide bonds. The number of nitrogens with one attached hydrogen (secondary N) is 1. The number of hydrogen-bond acceptors (Lipinski definition) is 3. The fourth-order valence-corrected chi connectivity index (χ4v) is 2.85. The Hall–Kier alpha value is -1.36. The molecule has 3 rings (SSSR count). The molecule has 3 N–H and O–H groups in total. The summed E-state index contributed by atoms with van der Waals surface area (Å²) in [5.41, 5.74) is 8.67. The van der Waals surface area contributed by atoms with Crippen molar-refractivity contribution in [2.24, 2.45) is 5.73 Å². The van der Waals surface area contributed by atoms with Crippen molar-refractivity contribution in [2.45, 2.75) is 6.54 Å². The predicted octanol–water partition coefficient (Wildman–Crippen LogP) is 3.40. The van der Waals surface area contributed by atoms with Gasteiger partial charge in [-0.25, -0.2) is 4.98 Å². The molecule has 0 atom stereocenters. The third-order valence-corrected chi connectivity index (χ3v) is 3.82. The summed E-state index contributed by atoms with van der Waals surface area (Å²) in [5.74, 6) is 0.859. The number of nitrogens with zero attached hydrogens (tertiary/aromatic N) is 1. The maximum Gasteiger partial charge on any atom is 0.148 e. The Morgan fingerprint density at radius 2 is 2.24 bits per heavy atom. The molecular formula is C12H10ClN3S. The van der Waals surface area contributed by atoms with Gasteiger partial charge >= 0.3 is 0 Å². The minimum atomic E-state index is 0.524. The van der Waals surface area contributed by atoms with Crippen LogP contribution in [0, 0.1) is 0 Å². The lowest BCUT2D eigenvalue weighted by molar-refractivity contribution is 1.08. The van der Waals surface area contributed by atoms with Crippen LogP contribution < -0.4 is 5.73 Å². The first-order chi connectivity index (χ1) is 8.28. The van der Waals surface area contributed by atoms with Gasteiger partial charge in [-0.15, -0.1) is 11.3 Å². The number of imidazole rings is 1. The highest BCUT2D eigenvalue weighted by molar-refractivity contribution is 7.13. The average molecular weight is 264 g/mol. The molecule has 0 spiro atoms. The number of fused-ring (bicyclic) bond motifs is 1. The minimum Gasteiger partial charge on any atom is -0.337 e. The second kappa shape index (κ2) is 4.14. The number of aromatic amines is 1. The van der Waals surface area contributed by atoms with Crippen LogP contribution in [0.5, 0.6) is 0 Å². The fraction of sp³-hybridized carbons (Fsp3) is 0.0833. The van der Waals surface area contributed by atoms with Gasteiger partial charge in [0.25, 0.3) is 0 Å². The highest BCUT2D eigenvalue weighted by atomic mass is 35.5. The molecule has 2 heterocycles. The molecular weight excluding hydrogens is 254 g/mol. The summed E-state index contributed by atoms with van der Waals surface area (Å²) in [5, 5.41) is 2.73. The van der Waals surface area contributed by atoms with E-state index in [0.29, 0.717) is 11.6 Å². The van der Waals surface area contributed by atoms with Gasteiger partial charge in [-0.2, -0.15) is 0 Å². The Labute approximate surface area is 107 Å². The molecule has 86 valence electrons. The molecule has 0 fully saturated rings. The Kier molecular flexibility index (Phi) is 2.63. The van der Waals surface area contributed by atoms with E-state index in [-0.39, 0.29) is 0 Å². The monoisotopic (exact) mass is 263 g/mol. The maximum absolute atomic E-state index is 5.95. The van der Waals surface area contributed by atoms with Crippen LogP contribution in [0.4, 0.5) is 0 Å². The van der Waals surface area contributed by atoms with Gasteiger partial charge in [0.2, 0.25) is 0 Å². The molecule has 0 aliphatic carbocycles.